The van der Waals surface area contributed by atoms with E-state index in [2.05, 4.69) is 15.6 Å². The zero-order valence-electron chi connectivity index (χ0n) is 17.0. The SMILES string of the molecule is COc1cccc(SCC(=O)Nc2nc(-c3ccc([C@H](C)NC(C)=O)cc3)cs2)c1. The number of amides is 2. The maximum absolute atomic E-state index is 12.3. The molecule has 156 valence electrons. The Hall–Kier alpha value is -2.84. The molecule has 30 heavy (non-hydrogen) atoms. The van der Waals surface area contributed by atoms with Crippen LogP contribution >= 0.6 is 23.1 Å². The highest BCUT2D eigenvalue weighted by Gasteiger charge is 2.11. The van der Waals surface area contributed by atoms with Crippen LogP contribution < -0.4 is 15.4 Å². The van der Waals surface area contributed by atoms with E-state index in [0.717, 1.165) is 27.5 Å². The molecule has 0 unspecified atom stereocenters. The lowest BCUT2D eigenvalue weighted by atomic mass is 10.1. The topological polar surface area (TPSA) is 80.3 Å². The predicted molar refractivity (Wildman–Crippen MR) is 122 cm³/mol. The standard InChI is InChI=1S/C22H23N3O3S2/c1-14(23-15(2)26)16-7-9-17(10-8-16)20-12-30-22(24-20)25-21(27)13-29-19-6-4-5-18(11-19)28-3/h4-12,14H,13H2,1-3H3,(H,23,26)(H,24,25,27)/t14-/m0/s1. The minimum absolute atomic E-state index is 0.0519. The van der Waals surface area contributed by atoms with Crippen LogP contribution in [0.3, 0.4) is 0 Å². The van der Waals surface area contributed by atoms with Crippen LogP contribution in [0.15, 0.2) is 58.8 Å². The van der Waals surface area contributed by atoms with Gasteiger partial charge in [-0.15, -0.1) is 23.1 Å². The fourth-order valence-electron chi connectivity index (χ4n) is 2.79. The summed E-state index contributed by atoms with van der Waals surface area (Å²) in [7, 11) is 1.62. The van der Waals surface area contributed by atoms with Gasteiger partial charge in [0.2, 0.25) is 11.8 Å². The molecule has 0 aliphatic rings. The molecule has 8 heteroatoms. The summed E-state index contributed by atoms with van der Waals surface area (Å²) in [5.74, 6) is 0.888. The van der Waals surface area contributed by atoms with Crippen molar-refractivity contribution in [2.75, 3.05) is 18.2 Å². The number of thiazole rings is 1. The minimum atomic E-state index is -0.108. The fourth-order valence-corrected chi connectivity index (χ4v) is 4.27. The molecule has 3 rings (SSSR count). The van der Waals surface area contributed by atoms with Gasteiger partial charge in [-0.1, -0.05) is 30.3 Å². The molecule has 1 heterocycles. The zero-order valence-corrected chi connectivity index (χ0v) is 18.6. The van der Waals surface area contributed by atoms with Gasteiger partial charge in [0, 0.05) is 22.8 Å². The van der Waals surface area contributed by atoms with E-state index in [-0.39, 0.29) is 23.6 Å². The number of methoxy groups -OCH3 is 1. The molecule has 0 saturated carbocycles. The van der Waals surface area contributed by atoms with E-state index in [1.165, 1.54) is 30.0 Å². The van der Waals surface area contributed by atoms with E-state index in [4.69, 9.17) is 4.74 Å². The summed E-state index contributed by atoms with van der Waals surface area (Å²) in [6.45, 7) is 3.45. The van der Waals surface area contributed by atoms with Crippen molar-refractivity contribution in [1.29, 1.82) is 0 Å². The number of carbonyl (C=O) groups excluding carboxylic acids is 2. The Balaban J connectivity index is 1.56. The molecule has 1 atom stereocenters. The summed E-state index contributed by atoms with van der Waals surface area (Å²) < 4.78 is 5.20. The second kappa shape index (κ2) is 10.3. The molecule has 0 bridgehead atoms. The van der Waals surface area contributed by atoms with Crippen LogP contribution in [0.5, 0.6) is 5.75 Å². The molecule has 2 aromatic carbocycles. The summed E-state index contributed by atoms with van der Waals surface area (Å²) >= 11 is 2.83. The minimum Gasteiger partial charge on any atom is -0.497 e. The Bertz CT molecular complexity index is 1020. The number of hydrogen-bond acceptors (Lipinski definition) is 6. The lowest BCUT2D eigenvalue weighted by Gasteiger charge is -2.13. The van der Waals surface area contributed by atoms with Gasteiger partial charge in [0.05, 0.1) is 24.6 Å². The van der Waals surface area contributed by atoms with Gasteiger partial charge >= 0.3 is 0 Å². The number of aromatic nitrogens is 1. The van der Waals surface area contributed by atoms with Crippen LogP contribution in [0.25, 0.3) is 11.3 Å². The highest BCUT2D eigenvalue weighted by atomic mass is 32.2. The third-order valence-electron chi connectivity index (χ3n) is 4.29. The molecule has 3 aromatic rings. The Morgan fingerprint density at radius 1 is 1.20 bits per heavy atom. The van der Waals surface area contributed by atoms with Crippen molar-refractivity contribution in [3.63, 3.8) is 0 Å². The Labute approximate surface area is 184 Å². The maximum Gasteiger partial charge on any atom is 0.236 e. The summed E-state index contributed by atoms with van der Waals surface area (Å²) in [6, 6.07) is 15.4. The van der Waals surface area contributed by atoms with E-state index in [1.807, 2.05) is 60.8 Å². The summed E-state index contributed by atoms with van der Waals surface area (Å²) in [4.78, 5) is 28.9. The second-order valence-electron chi connectivity index (χ2n) is 6.60. The highest BCUT2D eigenvalue weighted by Crippen LogP contribution is 2.27. The van der Waals surface area contributed by atoms with Gasteiger partial charge in [0.15, 0.2) is 5.13 Å². The molecule has 0 radical (unpaired) electrons. The van der Waals surface area contributed by atoms with Crippen molar-refractivity contribution >= 4 is 40.0 Å². The number of anilines is 1. The third kappa shape index (κ3) is 6.08. The average molecular weight is 442 g/mol. The first-order valence-electron chi connectivity index (χ1n) is 9.34. The summed E-state index contributed by atoms with van der Waals surface area (Å²) in [5, 5.41) is 8.20. The first-order valence-corrected chi connectivity index (χ1v) is 11.2. The Morgan fingerprint density at radius 2 is 1.97 bits per heavy atom. The lowest BCUT2D eigenvalue weighted by molar-refractivity contribution is -0.119. The van der Waals surface area contributed by atoms with Gasteiger partial charge in [-0.05, 0) is 30.7 Å². The van der Waals surface area contributed by atoms with Crippen molar-refractivity contribution in [1.82, 2.24) is 10.3 Å². The van der Waals surface area contributed by atoms with Crippen LogP contribution in [0.2, 0.25) is 0 Å². The molecular weight excluding hydrogens is 418 g/mol. The molecule has 0 aliphatic carbocycles. The molecule has 0 spiro atoms. The first kappa shape index (κ1) is 21.9. The average Bonchev–Trinajstić information content (AvgIpc) is 3.20. The number of rotatable bonds is 8. The lowest BCUT2D eigenvalue weighted by Crippen LogP contribution is -2.23. The smallest absolute Gasteiger partial charge is 0.236 e. The first-order chi connectivity index (χ1) is 14.4. The highest BCUT2D eigenvalue weighted by molar-refractivity contribution is 8.00. The largest absolute Gasteiger partial charge is 0.497 e. The van der Waals surface area contributed by atoms with Gasteiger partial charge in [0.25, 0.3) is 0 Å². The predicted octanol–water partition coefficient (Wildman–Crippen LogP) is 4.75. The molecule has 2 amide bonds. The van der Waals surface area contributed by atoms with Gasteiger partial charge in [-0.25, -0.2) is 4.98 Å². The third-order valence-corrected chi connectivity index (χ3v) is 6.04. The van der Waals surface area contributed by atoms with Crippen molar-refractivity contribution in [3.05, 3.63) is 59.5 Å². The van der Waals surface area contributed by atoms with Crippen molar-refractivity contribution in [2.24, 2.45) is 0 Å². The van der Waals surface area contributed by atoms with E-state index in [9.17, 15) is 9.59 Å². The van der Waals surface area contributed by atoms with Crippen LogP contribution in [0.1, 0.15) is 25.5 Å². The number of benzene rings is 2. The molecule has 1 aromatic heterocycles. The number of carbonyl (C=O) groups is 2. The van der Waals surface area contributed by atoms with E-state index in [0.29, 0.717) is 5.13 Å². The molecule has 0 aliphatic heterocycles. The van der Waals surface area contributed by atoms with Crippen molar-refractivity contribution in [3.8, 4) is 17.0 Å². The maximum atomic E-state index is 12.3. The molecule has 2 N–H and O–H groups in total. The fraction of sp³-hybridized carbons (Fsp3) is 0.227. The van der Waals surface area contributed by atoms with Crippen molar-refractivity contribution in [2.45, 2.75) is 24.8 Å². The molecule has 0 saturated heterocycles. The quantitative estimate of drug-likeness (QED) is 0.493. The molecular formula is C22H23N3O3S2. The monoisotopic (exact) mass is 441 g/mol. The normalized spacial score (nSPS) is 11.6. The Kier molecular flexibility index (Phi) is 7.48. The van der Waals surface area contributed by atoms with Crippen LogP contribution in [0, 0.1) is 0 Å². The van der Waals surface area contributed by atoms with Crippen LogP contribution in [0.4, 0.5) is 5.13 Å². The molecule has 6 nitrogen and oxygen atoms in total. The number of thioether (sulfide) groups is 1. The van der Waals surface area contributed by atoms with Gasteiger partial charge in [0.1, 0.15) is 5.75 Å². The number of ether oxygens (including phenoxy) is 1. The summed E-state index contributed by atoms with van der Waals surface area (Å²) in [5.41, 5.74) is 2.78. The van der Waals surface area contributed by atoms with Gasteiger partial charge in [-0.2, -0.15) is 0 Å². The number of nitrogens with zero attached hydrogens (tertiary/aromatic N) is 1. The number of nitrogens with one attached hydrogen (secondary N) is 2. The Morgan fingerprint density at radius 3 is 2.67 bits per heavy atom. The van der Waals surface area contributed by atoms with Gasteiger partial charge in [-0.3, -0.25) is 9.59 Å². The van der Waals surface area contributed by atoms with E-state index in [1.54, 1.807) is 7.11 Å². The van der Waals surface area contributed by atoms with Crippen LogP contribution in [-0.2, 0) is 9.59 Å². The summed E-state index contributed by atoms with van der Waals surface area (Å²) in [6.07, 6.45) is 0. The van der Waals surface area contributed by atoms with Crippen LogP contribution in [-0.4, -0.2) is 29.7 Å². The van der Waals surface area contributed by atoms with E-state index >= 15 is 0 Å². The number of hydrogen-bond donors (Lipinski definition) is 2. The second-order valence-corrected chi connectivity index (χ2v) is 8.50. The zero-order chi connectivity index (χ0) is 21.5. The molecule has 0 fully saturated rings. The van der Waals surface area contributed by atoms with E-state index < -0.39 is 0 Å². The van der Waals surface area contributed by atoms with Crippen molar-refractivity contribution < 1.29 is 14.3 Å². The van der Waals surface area contributed by atoms with Gasteiger partial charge < -0.3 is 15.4 Å².